The van der Waals surface area contributed by atoms with Gasteiger partial charge in [-0.25, -0.2) is 0 Å². The Morgan fingerprint density at radius 2 is 1.79 bits per heavy atom. The number of hydrogen-bond acceptors (Lipinski definition) is 10. The van der Waals surface area contributed by atoms with Gasteiger partial charge < -0.3 is 36.0 Å². The van der Waals surface area contributed by atoms with Crippen LogP contribution in [0.25, 0.3) is 11.8 Å². The summed E-state index contributed by atoms with van der Waals surface area (Å²) in [6.07, 6.45) is 3.95. The number of carbonyl (C=O) groups is 3. The van der Waals surface area contributed by atoms with Crippen LogP contribution in [0.4, 0.5) is 5.69 Å². The zero-order valence-corrected chi connectivity index (χ0v) is 25.3. The molecule has 6 N–H and O–H groups in total. The Morgan fingerprint density at radius 1 is 1.14 bits per heavy atom. The topological polar surface area (TPSA) is 168 Å². The molecular formula is C31H42N4O7. The van der Waals surface area contributed by atoms with Gasteiger partial charge in [0.15, 0.2) is 11.4 Å². The summed E-state index contributed by atoms with van der Waals surface area (Å²) in [7, 11) is 8.83. The van der Waals surface area contributed by atoms with Crippen LogP contribution in [0.1, 0.15) is 37.0 Å². The maximum Gasteiger partial charge on any atom is 0.255 e. The largest absolute Gasteiger partial charge is 0.508 e. The van der Waals surface area contributed by atoms with E-state index in [0.29, 0.717) is 23.6 Å². The van der Waals surface area contributed by atoms with E-state index in [9.17, 15) is 34.8 Å². The first-order valence-corrected chi connectivity index (χ1v) is 14.1. The first-order valence-electron chi connectivity index (χ1n) is 14.1. The van der Waals surface area contributed by atoms with Gasteiger partial charge in [0.25, 0.3) is 5.91 Å². The van der Waals surface area contributed by atoms with Crippen molar-refractivity contribution in [3.05, 3.63) is 45.7 Å². The Kier molecular flexibility index (Phi) is 8.34. The SMILES string of the molecule is CC(C)CN(C)C/C=C/c1cc(N(C)C)c2c(c1O)C(O)=C1C(=O)[C@]3(O)C(O)=C(C(N)=O)C(=O)C(N(C)C)[C@@H]3C[C@@H]1C2. The fraction of sp³-hybridized carbons (Fsp3) is 0.516. The van der Waals surface area contributed by atoms with Crippen LogP contribution in [0.3, 0.4) is 0 Å². The monoisotopic (exact) mass is 582 g/mol. The Labute approximate surface area is 246 Å². The predicted molar refractivity (Wildman–Crippen MR) is 160 cm³/mol. The van der Waals surface area contributed by atoms with Crippen LogP contribution in [0, 0.1) is 17.8 Å². The van der Waals surface area contributed by atoms with Crippen LogP contribution in [0.5, 0.6) is 5.75 Å². The number of carbonyl (C=O) groups excluding carboxylic acids is 3. The molecule has 1 aromatic rings. The van der Waals surface area contributed by atoms with Crippen molar-refractivity contribution in [1.29, 1.82) is 0 Å². The summed E-state index contributed by atoms with van der Waals surface area (Å²) >= 11 is 0. The average Bonchev–Trinajstić information content (AvgIpc) is 2.86. The number of anilines is 1. The summed E-state index contributed by atoms with van der Waals surface area (Å²) < 4.78 is 0. The Bertz CT molecular complexity index is 1420. The molecule has 3 aliphatic carbocycles. The number of nitrogens with zero attached hydrogens (tertiary/aromatic N) is 3. The molecule has 0 bridgehead atoms. The quantitative estimate of drug-likeness (QED) is 0.284. The highest BCUT2D eigenvalue weighted by atomic mass is 16.3. The smallest absolute Gasteiger partial charge is 0.255 e. The van der Waals surface area contributed by atoms with Crippen LogP contribution in [0.15, 0.2) is 29.0 Å². The van der Waals surface area contributed by atoms with Gasteiger partial charge in [0.1, 0.15) is 22.8 Å². The minimum absolute atomic E-state index is 0.0449. The van der Waals surface area contributed by atoms with Crippen molar-refractivity contribution < 1.29 is 34.8 Å². The van der Waals surface area contributed by atoms with E-state index in [1.165, 1.54) is 4.90 Å². The third kappa shape index (κ3) is 4.89. The fourth-order valence-corrected chi connectivity index (χ4v) is 6.90. The standard InChI is InChI=1S/C31H42N4O7/c1-15(2)14-35(7)10-8-9-16-13-20(33(3)4)18-11-17-12-19-24(34(5)6)27(38)23(30(32)41)29(40)31(19,42)28(39)21(17)26(37)22(18)25(16)36/h8-9,13,15,17,19,24,36-37,40,42H,10-12,14H2,1-7H3,(H2,32,41)/b9-8+/t17-,19-,24?,31-/m0/s1. The molecule has 1 saturated carbocycles. The van der Waals surface area contributed by atoms with Gasteiger partial charge in [-0.1, -0.05) is 26.0 Å². The lowest BCUT2D eigenvalue weighted by molar-refractivity contribution is -0.153. The van der Waals surface area contributed by atoms with Crippen LogP contribution in [-0.4, -0.2) is 108 Å². The molecule has 4 atom stereocenters. The normalized spacial score (nSPS) is 25.9. The van der Waals surface area contributed by atoms with Gasteiger partial charge in [0.05, 0.1) is 11.6 Å². The lowest BCUT2D eigenvalue weighted by atomic mass is 9.57. The Morgan fingerprint density at radius 3 is 2.33 bits per heavy atom. The summed E-state index contributed by atoms with van der Waals surface area (Å²) in [6.45, 7) is 5.78. The van der Waals surface area contributed by atoms with Gasteiger partial charge in [-0.05, 0) is 57.5 Å². The second-order valence-electron chi connectivity index (χ2n) is 12.6. The second kappa shape index (κ2) is 11.2. The molecule has 0 spiro atoms. The number of phenols is 1. The van der Waals surface area contributed by atoms with Crippen LogP contribution < -0.4 is 10.6 Å². The molecule has 4 rings (SSSR count). The molecule has 0 radical (unpaired) electrons. The van der Waals surface area contributed by atoms with Crippen molar-refractivity contribution >= 4 is 35.0 Å². The van der Waals surface area contributed by atoms with Crippen LogP contribution >= 0.6 is 0 Å². The molecular weight excluding hydrogens is 540 g/mol. The van der Waals surface area contributed by atoms with Gasteiger partial charge >= 0.3 is 0 Å². The number of aliphatic hydroxyl groups excluding tert-OH is 2. The van der Waals surface area contributed by atoms with E-state index >= 15 is 0 Å². The third-order valence-electron chi connectivity index (χ3n) is 8.60. The van der Waals surface area contributed by atoms with E-state index in [1.807, 2.05) is 38.2 Å². The number of hydrogen-bond donors (Lipinski definition) is 5. The number of aromatic hydroxyl groups is 1. The molecule has 0 heterocycles. The third-order valence-corrected chi connectivity index (χ3v) is 8.60. The number of benzene rings is 1. The van der Waals surface area contributed by atoms with E-state index in [-0.39, 0.29) is 29.7 Å². The molecule has 42 heavy (non-hydrogen) atoms. The van der Waals surface area contributed by atoms with Crippen molar-refractivity contribution in [2.24, 2.45) is 23.5 Å². The number of primary amides is 1. The summed E-state index contributed by atoms with van der Waals surface area (Å²) in [5, 5.41) is 45.8. The predicted octanol–water partition coefficient (Wildman–Crippen LogP) is 1.63. The highest BCUT2D eigenvalue weighted by molar-refractivity contribution is 6.24. The van der Waals surface area contributed by atoms with Crippen molar-refractivity contribution in [3.63, 3.8) is 0 Å². The number of phenolic OH excluding ortho intramolecular Hbond substituents is 1. The van der Waals surface area contributed by atoms with Crippen molar-refractivity contribution in [2.75, 3.05) is 53.2 Å². The van der Waals surface area contributed by atoms with E-state index in [1.54, 1.807) is 20.2 Å². The Hall–Kier alpha value is -3.67. The van der Waals surface area contributed by atoms with Crippen LogP contribution in [-0.2, 0) is 20.8 Å². The summed E-state index contributed by atoms with van der Waals surface area (Å²) in [5.74, 6) is -6.13. The summed E-state index contributed by atoms with van der Waals surface area (Å²) in [4.78, 5) is 45.0. The number of aliphatic hydroxyl groups is 3. The van der Waals surface area contributed by atoms with Gasteiger partial charge in [0.2, 0.25) is 5.78 Å². The average molecular weight is 583 g/mol. The van der Waals surface area contributed by atoms with E-state index in [4.69, 9.17) is 5.73 Å². The molecule has 3 aliphatic rings. The molecule has 0 saturated heterocycles. The number of rotatable bonds is 8. The number of fused-ring (bicyclic) bond motifs is 3. The van der Waals surface area contributed by atoms with E-state index in [2.05, 4.69) is 18.7 Å². The fourth-order valence-electron chi connectivity index (χ4n) is 6.90. The molecule has 11 nitrogen and oxygen atoms in total. The minimum Gasteiger partial charge on any atom is -0.508 e. The zero-order chi connectivity index (χ0) is 31.4. The zero-order valence-electron chi connectivity index (χ0n) is 25.3. The highest BCUT2D eigenvalue weighted by Gasteiger charge is 2.64. The number of ketones is 2. The van der Waals surface area contributed by atoms with Gasteiger partial charge in [-0.15, -0.1) is 0 Å². The first kappa shape index (κ1) is 31.3. The minimum atomic E-state index is -2.66. The van der Waals surface area contributed by atoms with E-state index in [0.717, 1.165) is 12.2 Å². The highest BCUT2D eigenvalue weighted by Crippen LogP contribution is 2.54. The lowest BCUT2D eigenvalue weighted by Gasteiger charge is -2.50. The molecule has 1 amide bonds. The summed E-state index contributed by atoms with van der Waals surface area (Å²) in [6, 6.07) is 0.706. The van der Waals surface area contributed by atoms with Crippen molar-refractivity contribution in [1.82, 2.24) is 9.80 Å². The number of likely N-dealkylation sites (N-methyl/N-ethyl adjacent to an activating group) is 2. The van der Waals surface area contributed by atoms with Crippen molar-refractivity contribution in [2.45, 2.75) is 38.3 Å². The Balaban J connectivity index is 1.89. The molecule has 1 aromatic carbocycles. The number of nitrogens with two attached hydrogens (primary N) is 1. The van der Waals surface area contributed by atoms with Crippen LogP contribution in [0.2, 0.25) is 0 Å². The summed E-state index contributed by atoms with van der Waals surface area (Å²) in [5.41, 5.74) is 3.61. The first-order chi connectivity index (χ1) is 19.5. The maximum absolute atomic E-state index is 14.1. The molecule has 1 unspecified atom stereocenters. The molecule has 1 fully saturated rings. The molecule has 0 aliphatic heterocycles. The molecule has 228 valence electrons. The molecule has 11 heteroatoms. The van der Waals surface area contributed by atoms with Gasteiger partial charge in [-0.2, -0.15) is 0 Å². The second-order valence-corrected chi connectivity index (χ2v) is 12.6. The lowest BCUT2D eigenvalue weighted by Crippen LogP contribution is -2.65. The number of Topliss-reactive ketones (excluding diaryl/α,β-unsaturated/α-hetero) is 2. The number of amides is 1. The van der Waals surface area contributed by atoms with Gasteiger partial charge in [0, 0.05) is 49.9 Å². The van der Waals surface area contributed by atoms with Crippen molar-refractivity contribution in [3.8, 4) is 5.75 Å². The van der Waals surface area contributed by atoms with E-state index < -0.39 is 58.0 Å². The van der Waals surface area contributed by atoms with Gasteiger partial charge in [-0.3, -0.25) is 19.3 Å². The maximum atomic E-state index is 14.1. The molecule has 0 aromatic heterocycles.